The number of amides is 1. The van der Waals surface area contributed by atoms with E-state index in [1.807, 2.05) is 20.8 Å². The average molecular weight is 348 g/mol. The second kappa shape index (κ2) is 5.71. The molecular weight excluding hydrogens is 328 g/mol. The number of sulfonamides is 1. The second-order valence-corrected chi connectivity index (χ2v) is 8.43. The van der Waals surface area contributed by atoms with E-state index in [-0.39, 0.29) is 17.3 Å². The van der Waals surface area contributed by atoms with Gasteiger partial charge in [-0.1, -0.05) is 13.8 Å². The third-order valence-corrected chi connectivity index (χ3v) is 5.69. The predicted octanol–water partition coefficient (Wildman–Crippen LogP) is 1.82. The van der Waals surface area contributed by atoms with Crippen molar-refractivity contribution in [1.29, 1.82) is 0 Å². The maximum absolute atomic E-state index is 12.6. The number of hydrogen-bond donors (Lipinski definition) is 3. The van der Waals surface area contributed by atoms with Crippen LogP contribution in [0, 0.1) is 6.92 Å². The molecule has 128 valence electrons. The number of nitrogens with one attached hydrogen (secondary N) is 3. The van der Waals surface area contributed by atoms with Crippen LogP contribution in [0.2, 0.25) is 0 Å². The molecule has 0 saturated carbocycles. The molecule has 1 aromatic carbocycles. The van der Waals surface area contributed by atoms with E-state index >= 15 is 0 Å². The minimum atomic E-state index is -3.65. The highest BCUT2D eigenvalue weighted by atomic mass is 32.2. The predicted molar refractivity (Wildman–Crippen MR) is 90.1 cm³/mol. The molecule has 1 amide bonds. The van der Waals surface area contributed by atoms with Gasteiger partial charge in [0.1, 0.15) is 0 Å². The molecule has 0 saturated heterocycles. The van der Waals surface area contributed by atoms with Crippen LogP contribution in [0.5, 0.6) is 0 Å². The zero-order valence-corrected chi connectivity index (χ0v) is 14.6. The Morgan fingerprint density at radius 2 is 2.08 bits per heavy atom. The van der Waals surface area contributed by atoms with E-state index in [9.17, 15) is 13.2 Å². The Morgan fingerprint density at radius 3 is 2.75 bits per heavy atom. The Labute approximate surface area is 140 Å². The summed E-state index contributed by atoms with van der Waals surface area (Å²) in [6.45, 7) is 5.87. The normalized spacial score (nSPS) is 16.5. The number of hydrogen-bond acceptors (Lipinski definition) is 4. The highest BCUT2D eigenvalue weighted by Crippen LogP contribution is 2.38. The molecule has 0 bridgehead atoms. The van der Waals surface area contributed by atoms with Gasteiger partial charge in [0, 0.05) is 35.3 Å². The first kappa shape index (κ1) is 16.7. The number of anilines is 1. The van der Waals surface area contributed by atoms with Crippen LogP contribution in [0.25, 0.3) is 0 Å². The standard InChI is InChI=1S/C16H20N4O3S/c1-10-11(8-17-20-10)9-18-24(22,23)12-4-5-14-13(6-12)16(2,3)7-15(21)19-14/h4-6,8,18H,7,9H2,1-3H3,(H,17,20)(H,19,21). The number of carbonyl (C=O) groups is 1. The van der Waals surface area contributed by atoms with Gasteiger partial charge in [-0.05, 0) is 30.7 Å². The first-order valence-corrected chi connectivity index (χ1v) is 9.10. The molecule has 3 rings (SSSR count). The summed E-state index contributed by atoms with van der Waals surface area (Å²) in [6, 6.07) is 4.79. The van der Waals surface area contributed by atoms with E-state index in [2.05, 4.69) is 20.2 Å². The van der Waals surface area contributed by atoms with Crippen molar-refractivity contribution in [2.45, 2.75) is 44.0 Å². The van der Waals surface area contributed by atoms with Gasteiger partial charge in [0.15, 0.2) is 0 Å². The highest BCUT2D eigenvalue weighted by Gasteiger charge is 2.33. The average Bonchev–Trinajstić information content (AvgIpc) is 2.89. The van der Waals surface area contributed by atoms with Gasteiger partial charge in [0.05, 0.1) is 11.1 Å². The van der Waals surface area contributed by atoms with Crippen LogP contribution in [0.3, 0.4) is 0 Å². The number of aryl methyl sites for hydroxylation is 1. The number of fused-ring (bicyclic) bond motifs is 1. The lowest BCUT2D eigenvalue weighted by molar-refractivity contribution is -0.117. The molecule has 1 aromatic heterocycles. The smallest absolute Gasteiger partial charge is 0.240 e. The number of aromatic amines is 1. The lowest BCUT2D eigenvalue weighted by atomic mass is 9.78. The Balaban J connectivity index is 1.89. The summed E-state index contributed by atoms with van der Waals surface area (Å²) in [5.41, 5.74) is 2.70. The van der Waals surface area contributed by atoms with Crippen LogP contribution in [-0.2, 0) is 26.8 Å². The summed E-state index contributed by atoms with van der Waals surface area (Å²) in [4.78, 5) is 11.9. The van der Waals surface area contributed by atoms with Crippen LogP contribution < -0.4 is 10.0 Å². The summed E-state index contributed by atoms with van der Waals surface area (Å²) < 4.78 is 27.7. The zero-order chi connectivity index (χ0) is 17.5. The van der Waals surface area contributed by atoms with Crippen molar-refractivity contribution in [2.75, 3.05) is 5.32 Å². The van der Waals surface area contributed by atoms with Gasteiger partial charge in [-0.15, -0.1) is 0 Å². The summed E-state index contributed by atoms with van der Waals surface area (Å²) in [5, 5.41) is 9.44. The molecule has 0 spiro atoms. The quantitative estimate of drug-likeness (QED) is 0.784. The third kappa shape index (κ3) is 3.07. The van der Waals surface area contributed by atoms with Crippen LogP contribution in [0.15, 0.2) is 29.3 Å². The molecule has 24 heavy (non-hydrogen) atoms. The molecular formula is C16H20N4O3S. The van der Waals surface area contributed by atoms with Gasteiger partial charge in [-0.3, -0.25) is 9.89 Å². The van der Waals surface area contributed by atoms with Gasteiger partial charge in [0.2, 0.25) is 15.9 Å². The fourth-order valence-corrected chi connectivity index (χ4v) is 3.89. The topological polar surface area (TPSA) is 104 Å². The Bertz CT molecular complexity index is 900. The number of nitrogens with zero attached hydrogens (tertiary/aromatic N) is 1. The molecule has 0 unspecified atom stereocenters. The van der Waals surface area contributed by atoms with Crippen molar-refractivity contribution in [1.82, 2.24) is 14.9 Å². The SMILES string of the molecule is Cc1[nH]ncc1CNS(=O)(=O)c1ccc2c(c1)C(C)(C)CC(=O)N2. The fourth-order valence-electron chi connectivity index (χ4n) is 2.86. The Morgan fingerprint density at radius 1 is 1.33 bits per heavy atom. The summed E-state index contributed by atoms with van der Waals surface area (Å²) in [5.74, 6) is -0.0586. The van der Waals surface area contributed by atoms with Gasteiger partial charge in [-0.2, -0.15) is 5.10 Å². The lowest BCUT2D eigenvalue weighted by Gasteiger charge is -2.32. The van der Waals surface area contributed by atoms with Crippen molar-refractivity contribution in [3.8, 4) is 0 Å². The molecule has 0 aliphatic carbocycles. The van der Waals surface area contributed by atoms with E-state index in [1.54, 1.807) is 18.3 Å². The van der Waals surface area contributed by atoms with Crippen molar-refractivity contribution in [3.05, 3.63) is 41.2 Å². The largest absolute Gasteiger partial charge is 0.326 e. The fraction of sp³-hybridized carbons (Fsp3) is 0.375. The van der Waals surface area contributed by atoms with Crippen LogP contribution in [-0.4, -0.2) is 24.5 Å². The molecule has 7 nitrogen and oxygen atoms in total. The van der Waals surface area contributed by atoms with E-state index in [1.165, 1.54) is 6.07 Å². The van der Waals surface area contributed by atoms with Crippen molar-refractivity contribution in [2.24, 2.45) is 0 Å². The number of aromatic nitrogens is 2. The molecule has 1 aliphatic rings. The zero-order valence-electron chi connectivity index (χ0n) is 13.8. The lowest BCUT2D eigenvalue weighted by Crippen LogP contribution is -2.33. The molecule has 0 atom stereocenters. The van der Waals surface area contributed by atoms with E-state index in [0.29, 0.717) is 12.1 Å². The van der Waals surface area contributed by atoms with E-state index in [4.69, 9.17) is 0 Å². The number of benzene rings is 1. The molecule has 0 fully saturated rings. The number of H-pyrrole nitrogens is 1. The van der Waals surface area contributed by atoms with E-state index < -0.39 is 15.4 Å². The monoisotopic (exact) mass is 348 g/mol. The minimum absolute atomic E-state index is 0.0586. The molecule has 2 aromatic rings. The van der Waals surface area contributed by atoms with Crippen LogP contribution >= 0.6 is 0 Å². The molecule has 3 N–H and O–H groups in total. The van der Waals surface area contributed by atoms with Crippen molar-refractivity contribution >= 4 is 21.6 Å². The maximum Gasteiger partial charge on any atom is 0.240 e. The molecule has 1 aliphatic heterocycles. The molecule has 8 heteroatoms. The number of carbonyl (C=O) groups excluding carboxylic acids is 1. The minimum Gasteiger partial charge on any atom is -0.326 e. The van der Waals surface area contributed by atoms with Gasteiger partial charge in [0.25, 0.3) is 0 Å². The van der Waals surface area contributed by atoms with Crippen molar-refractivity contribution < 1.29 is 13.2 Å². The van der Waals surface area contributed by atoms with Crippen LogP contribution in [0.4, 0.5) is 5.69 Å². The van der Waals surface area contributed by atoms with Gasteiger partial charge >= 0.3 is 0 Å². The summed E-state index contributed by atoms with van der Waals surface area (Å²) in [7, 11) is -3.65. The maximum atomic E-state index is 12.6. The third-order valence-electron chi connectivity index (χ3n) is 4.29. The molecule has 2 heterocycles. The Hall–Kier alpha value is -2.19. The first-order valence-electron chi connectivity index (χ1n) is 7.62. The summed E-state index contributed by atoms with van der Waals surface area (Å²) in [6.07, 6.45) is 1.93. The van der Waals surface area contributed by atoms with Crippen LogP contribution in [0.1, 0.15) is 37.1 Å². The van der Waals surface area contributed by atoms with Crippen molar-refractivity contribution in [3.63, 3.8) is 0 Å². The summed E-state index contributed by atoms with van der Waals surface area (Å²) >= 11 is 0. The van der Waals surface area contributed by atoms with Gasteiger partial charge < -0.3 is 5.32 Å². The second-order valence-electron chi connectivity index (χ2n) is 6.66. The first-order chi connectivity index (χ1) is 11.2. The highest BCUT2D eigenvalue weighted by molar-refractivity contribution is 7.89. The number of rotatable bonds is 4. The molecule has 0 radical (unpaired) electrons. The van der Waals surface area contributed by atoms with E-state index in [0.717, 1.165) is 16.8 Å². The Kier molecular flexibility index (Phi) is 3.97. The van der Waals surface area contributed by atoms with Gasteiger partial charge in [-0.25, -0.2) is 13.1 Å².